The highest BCUT2D eigenvalue weighted by atomic mass is 32.2. The van der Waals surface area contributed by atoms with E-state index in [1.807, 2.05) is 6.92 Å². The summed E-state index contributed by atoms with van der Waals surface area (Å²) in [7, 11) is -3.68. The van der Waals surface area contributed by atoms with Gasteiger partial charge in [0.2, 0.25) is 0 Å². The molecule has 7 nitrogen and oxygen atoms in total. The summed E-state index contributed by atoms with van der Waals surface area (Å²) < 4.78 is 30.6. The van der Waals surface area contributed by atoms with Gasteiger partial charge in [-0.15, -0.1) is 0 Å². The summed E-state index contributed by atoms with van der Waals surface area (Å²) in [4.78, 5) is 4.05. The third-order valence-corrected chi connectivity index (χ3v) is 3.42. The molecular formula is C10H12N4O3S. The van der Waals surface area contributed by atoms with E-state index in [0.717, 1.165) is 6.54 Å². The molecule has 0 saturated heterocycles. The number of nitrogens with zero attached hydrogens (tertiary/aromatic N) is 2. The summed E-state index contributed by atoms with van der Waals surface area (Å²) in [6.45, 7) is 2.65. The Labute approximate surface area is 104 Å². The fraction of sp³-hybridized carbons (Fsp3) is 0.200. The number of anilines is 2. The van der Waals surface area contributed by atoms with Crippen LogP contribution in [0.2, 0.25) is 0 Å². The van der Waals surface area contributed by atoms with Crippen LogP contribution in [-0.2, 0) is 10.0 Å². The van der Waals surface area contributed by atoms with Crippen molar-refractivity contribution in [2.45, 2.75) is 11.8 Å². The molecule has 2 aromatic heterocycles. The lowest BCUT2D eigenvalue weighted by molar-refractivity contribution is 0.423. The molecule has 0 aliphatic heterocycles. The number of rotatable bonds is 5. The molecule has 0 atom stereocenters. The zero-order valence-corrected chi connectivity index (χ0v) is 10.4. The molecule has 0 aliphatic rings. The number of pyridine rings is 1. The zero-order chi connectivity index (χ0) is 13.0. The molecule has 0 fully saturated rings. The fourth-order valence-electron chi connectivity index (χ4n) is 1.29. The van der Waals surface area contributed by atoms with Gasteiger partial charge in [0.25, 0.3) is 10.0 Å². The normalized spacial score (nSPS) is 11.2. The number of aromatic nitrogens is 2. The van der Waals surface area contributed by atoms with Crippen LogP contribution in [0.5, 0.6) is 0 Å². The zero-order valence-electron chi connectivity index (χ0n) is 9.62. The molecule has 0 saturated carbocycles. The van der Waals surface area contributed by atoms with E-state index in [9.17, 15) is 8.42 Å². The monoisotopic (exact) mass is 268 g/mol. The van der Waals surface area contributed by atoms with E-state index < -0.39 is 10.0 Å². The number of sulfonamides is 1. The van der Waals surface area contributed by atoms with Gasteiger partial charge in [-0.05, 0) is 19.1 Å². The topological polar surface area (TPSA) is 97.1 Å². The van der Waals surface area contributed by atoms with Crippen molar-refractivity contribution in [3.8, 4) is 0 Å². The summed E-state index contributed by atoms with van der Waals surface area (Å²) in [6, 6.07) is 4.48. The van der Waals surface area contributed by atoms with Crippen LogP contribution in [0.1, 0.15) is 6.92 Å². The van der Waals surface area contributed by atoms with Crippen molar-refractivity contribution in [3.05, 3.63) is 30.7 Å². The number of hydrogen-bond acceptors (Lipinski definition) is 6. The van der Waals surface area contributed by atoms with Crippen LogP contribution >= 0.6 is 0 Å². The van der Waals surface area contributed by atoms with E-state index in [0.29, 0.717) is 5.82 Å². The van der Waals surface area contributed by atoms with E-state index in [2.05, 4.69) is 24.7 Å². The average molecular weight is 268 g/mol. The summed E-state index contributed by atoms with van der Waals surface area (Å²) in [5, 5.41) is 6.45. The Bertz CT molecular complexity index is 593. The van der Waals surface area contributed by atoms with Gasteiger partial charge in [0.1, 0.15) is 17.0 Å². The lowest BCUT2D eigenvalue weighted by atomic mass is 10.4. The smallest absolute Gasteiger partial charge is 0.264 e. The van der Waals surface area contributed by atoms with Crippen molar-refractivity contribution >= 4 is 21.7 Å². The van der Waals surface area contributed by atoms with Gasteiger partial charge >= 0.3 is 0 Å². The molecule has 0 spiro atoms. The summed E-state index contributed by atoms with van der Waals surface area (Å²) in [6.07, 6.45) is 2.56. The van der Waals surface area contributed by atoms with Crippen molar-refractivity contribution < 1.29 is 12.9 Å². The van der Waals surface area contributed by atoms with Gasteiger partial charge in [-0.2, -0.15) is 0 Å². The molecule has 2 aromatic rings. The Morgan fingerprint density at radius 1 is 1.28 bits per heavy atom. The molecule has 0 radical (unpaired) electrons. The highest BCUT2D eigenvalue weighted by molar-refractivity contribution is 7.92. The minimum absolute atomic E-state index is 0.0622. The Morgan fingerprint density at radius 2 is 2.11 bits per heavy atom. The van der Waals surface area contributed by atoms with Gasteiger partial charge < -0.3 is 9.84 Å². The van der Waals surface area contributed by atoms with Crippen LogP contribution in [0.25, 0.3) is 0 Å². The highest BCUT2D eigenvalue weighted by Gasteiger charge is 2.15. The lowest BCUT2D eigenvalue weighted by Gasteiger charge is -2.06. The molecule has 0 amide bonds. The van der Waals surface area contributed by atoms with Crippen molar-refractivity contribution in [1.82, 2.24) is 10.1 Å². The largest absolute Gasteiger partial charge is 0.370 e. The molecule has 0 unspecified atom stereocenters. The minimum Gasteiger partial charge on any atom is -0.370 e. The summed E-state index contributed by atoms with van der Waals surface area (Å²) in [5.74, 6) is 0.753. The van der Waals surface area contributed by atoms with Gasteiger partial charge in [0.05, 0.1) is 0 Å². The molecule has 2 heterocycles. The number of nitrogens with one attached hydrogen (secondary N) is 2. The molecule has 18 heavy (non-hydrogen) atoms. The maximum atomic E-state index is 11.9. The van der Waals surface area contributed by atoms with Crippen LogP contribution in [0, 0.1) is 0 Å². The van der Waals surface area contributed by atoms with E-state index in [1.165, 1.54) is 24.6 Å². The predicted octanol–water partition coefficient (Wildman–Crippen LogP) is 1.30. The van der Waals surface area contributed by atoms with Crippen molar-refractivity contribution in [3.63, 3.8) is 0 Å². The first-order valence-electron chi connectivity index (χ1n) is 5.25. The van der Waals surface area contributed by atoms with Crippen molar-refractivity contribution in [2.24, 2.45) is 0 Å². The Balaban J connectivity index is 2.19. The standard InChI is InChI=1S/C10H12N4O3S/c1-2-11-9-4-3-8(7-12-9)18(15,16)14-10-5-6-17-13-10/h3-7H,2H2,1H3,(H,11,12)(H,13,14). The van der Waals surface area contributed by atoms with Crippen molar-refractivity contribution in [2.75, 3.05) is 16.6 Å². The van der Waals surface area contributed by atoms with E-state index in [-0.39, 0.29) is 10.7 Å². The quantitative estimate of drug-likeness (QED) is 0.848. The van der Waals surface area contributed by atoms with E-state index in [4.69, 9.17) is 0 Å². The first-order valence-corrected chi connectivity index (χ1v) is 6.73. The van der Waals surface area contributed by atoms with E-state index >= 15 is 0 Å². The second-order valence-corrected chi connectivity index (χ2v) is 5.08. The maximum Gasteiger partial charge on any atom is 0.264 e. The van der Waals surface area contributed by atoms with Crippen molar-refractivity contribution in [1.29, 1.82) is 0 Å². The first kappa shape index (κ1) is 12.4. The van der Waals surface area contributed by atoms with Crippen LogP contribution in [-0.4, -0.2) is 25.1 Å². The van der Waals surface area contributed by atoms with Crippen LogP contribution in [0.3, 0.4) is 0 Å². The maximum absolute atomic E-state index is 11.9. The molecule has 96 valence electrons. The van der Waals surface area contributed by atoms with E-state index in [1.54, 1.807) is 6.07 Å². The Kier molecular flexibility index (Phi) is 3.47. The SMILES string of the molecule is CCNc1ccc(S(=O)(=O)Nc2ccon2)cn1. The highest BCUT2D eigenvalue weighted by Crippen LogP contribution is 2.14. The second-order valence-electron chi connectivity index (χ2n) is 3.40. The van der Waals surface area contributed by atoms with Crippen LogP contribution < -0.4 is 10.0 Å². The summed E-state index contributed by atoms with van der Waals surface area (Å²) >= 11 is 0. The van der Waals surface area contributed by atoms with Gasteiger partial charge in [-0.25, -0.2) is 13.4 Å². The van der Waals surface area contributed by atoms with Crippen LogP contribution in [0.15, 0.2) is 40.1 Å². The summed E-state index contributed by atoms with van der Waals surface area (Å²) in [5.41, 5.74) is 0. The van der Waals surface area contributed by atoms with Gasteiger partial charge in [-0.3, -0.25) is 4.72 Å². The molecule has 0 aliphatic carbocycles. The average Bonchev–Trinajstić information content (AvgIpc) is 2.82. The third kappa shape index (κ3) is 2.77. The molecule has 2 N–H and O–H groups in total. The lowest BCUT2D eigenvalue weighted by Crippen LogP contribution is -2.13. The van der Waals surface area contributed by atoms with Gasteiger partial charge in [-0.1, -0.05) is 5.16 Å². The van der Waals surface area contributed by atoms with Gasteiger partial charge in [0.15, 0.2) is 5.82 Å². The van der Waals surface area contributed by atoms with Gasteiger partial charge in [0, 0.05) is 18.8 Å². The second kappa shape index (κ2) is 5.05. The molecule has 0 aromatic carbocycles. The molecule has 8 heteroatoms. The predicted molar refractivity (Wildman–Crippen MR) is 65.7 cm³/mol. The third-order valence-electron chi connectivity index (χ3n) is 2.08. The fourth-order valence-corrected chi connectivity index (χ4v) is 2.22. The molecule has 0 bridgehead atoms. The first-order chi connectivity index (χ1) is 8.62. The Morgan fingerprint density at radius 3 is 2.67 bits per heavy atom. The minimum atomic E-state index is -3.68. The van der Waals surface area contributed by atoms with Crippen LogP contribution in [0.4, 0.5) is 11.6 Å². The molecular weight excluding hydrogens is 256 g/mol. The Hall–Kier alpha value is -2.09. The number of hydrogen-bond donors (Lipinski definition) is 2. The molecule has 2 rings (SSSR count).